The van der Waals surface area contributed by atoms with Crippen molar-refractivity contribution in [3.8, 4) is 0 Å². The van der Waals surface area contributed by atoms with Gasteiger partial charge in [-0.05, 0) is 42.2 Å². The van der Waals surface area contributed by atoms with Crippen molar-refractivity contribution in [1.29, 1.82) is 0 Å². The normalized spacial score (nSPS) is 31.7. The van der Waals surface area contributed by atoms with Crippen LogP contribution in [0.25, 0.3) is 0 Å². The van der Waals surface area contributed by atoms with Crippen molar-refractivity contribution in [3.05, 3.63) is 34.3 Å². The second-order valence-electron chi connectivity index (χ2n) is 6.61. The molecule has 0 spiro atoms. The summed E-state index contributed by atoms with van der Waals surface area (Å²) in [6, 6.07) is 8.27. The summed E-state index contributed by atoms with van der Waals surface area (Å²) in [7, 11) is 0. The molecular weight excluding hydrogens is 300 g/mol. The van der Waals surface area contributed by atoms with Crippen LogP contribution >= 0.6 is 15.9 Å². The predicted octanol–water partition coefficient (Wildman–Crippen LogP) is 4.81. The zero-order valence-corrected chi connectivity index (χ0v) is 13.8. The van der Waals surface area contributed by atoms with Gasteiger partial charge < -0.3 is 5.11 Å². The van der Waals surface area contributed by atoms with Gasteiger partial charge in [0.15, 0.2) is 0 Å². The minimum Gasteiger partial charge on any atom is -0.389 e. The molecule has 19 heavy (non-hydrogen) atoms. The summed E-state index contributed by atoms with van der Waals surface area (Å²) in [5, 5.41) is 11.2. The molecule has 1 fully saturated rings. The first kappa shape index (κ1) is 15.1. The predicted molar refractivity (Wildman–Crippen MR) is 84.1 cm³/mol. The van der Waals surface area contributed by atoms with Gasteiger partial charge in [-0.1, -0.05) is 61.3 Å². The molecule has 1 N–H and O–H groups in total. The lowest BCUT2D eigenvalue weighted by molar-refractivity contribution is -0.0796. The highest BCUT2D eigenvalue weighted by atomic mass is 79.9. The molecule has 2 rings (SSSR count). The van der Waals surface area contributed by atoms with E-state index in [0.29, 0.717) is 17.8 Å². The van der Waals surface area contributed by atoms with E-state index in [2.05, 4.69) is 54.9 Å². The Hall–Kier alpha value is -0.340. The molecule has 1 aliphatic carbocycles. The summed E-state index contributed by atoms with van der Waals surface area (Å²) in [6.07, 6.45) is 4.10. The molecule has 3 atom stereocenters. The van der Waals surface area contributed by atoms with Crippen LogP contribution in [0.5, 0.6) is 0 Å². The molecule has 106 valence electrons. The molecule has 3 unspecified atom stereocenters. The lowest BCUT2D eigenvalue weighted by Crippen LogP contribution is -2.47. The van der Waals surface area contributed by atoms with Crippen LogP contribution in [0.2, 0.25) is 0 Å². The maximum Gasteiger partial charge on any atom is 0.0721 e. The highest BCUT2D eigenvalue weighted by Gasteiger charge is 2.42. The minimum atomic E-state index is -0.546. The Morgan fingerprint density at radius 1 is 1.32 bits per heavy atom. The summed E-state index contributed by atoms with van der Waals surface area (Å²) >= 11 is 3.61. The molecule has 0 bridgehead atoms. The van der Waals surface area contributed by atoms with Crippen molar-refractivity contribution in [2.24, 2.45) is 17.8 Å². The summed E-state index contributed by atoms with van der Waals surface area (Å²) in [4.78, 5) is 0. The second kappa shape index (κ2) is 5.97. The van der Waals surface area contributed by atoms with Gasteiger partial charge in [-0.15, -0.1) is 0 Å². The maximum absolute atomic E-state index is 11.2. The Bertz CT molecular complexity index is 429. The first-order valence-electron chi connectivity index (χ1n) is 7.38. The summed E-state index contributed by atoms with van der Waals surface area (Å²) in [5.41, 5.74) is 0.681. The number of hydrogen-bond donors (Lipinski definition) is 1. The molecule has 1 saturated carbocycles. The van der Waals surface area contributed by atoms with Gasteiger partial charge in [0.2, 0.25) is 0 Å². The lowest BCUT2D eigenvalue weighted by Gasteiger charge is -2.45. The third-order valence-corrected chi connectivity index (χ3v) is 5.40. The highest BCUT2D eigenvalue weighted by molar-refractivity contribution is 9.10. The van der Waals surface area contributed by atoms with Gasteiger partial charge in [0.1, 0.15) is 0 Å². The molecule has 1 nitrogen and oxygen atoms in total. The molecular formula is C17H25BrO. The van der Waals surface area contributed by atoms with Crippen LogP contribution in [0.3, 0.4) is 0 Å². The molecule has 2 heteroatoms. The Balaban J connectivity index is 2.24. The molecule has 0 saturated heterocycles. The molecule has 0 aliphatic heterocycles. The van der Waals surface area contributed by atoms with Crippen molar-refractivity contribution in [1.82, 2.24) is 0 Å². The highest BCUT2D eigenvalue weighted by Crippen LogP contribution is 2.43. The topological polar surface area (TPSA) is 20.2 Å². The van der Waals surface area contributed by atoms with Gasteiger partial charge in [-0.25, -0.2) is 0 Å². The molecule has 0 radical (unpaired) electrons. The lowest BCUT2D eigenvalue weighted by atomic mass is 9.65. The van der Waals surface area contributed by atoms with E-state index in [1.807, 2.05) is 6.07 Å². The van der Waals surface area contributed by atoms with Gasteiger partial charge in [0.25, 0.3) is 0 Å². The standard InChI is InChI=1S/C17H25BrO/c1-12(2)15-9-8-13(3)10-17(15,19)11-14-6-4-5-7-16(14)18/h4-7,12-13,15,19H,8-11H2,1-3H3. The van der Waals surface area contributed by atoms with Crippen molar-refractivity contribution >= 4 is 15.9 Å². The fourth-order valence-electron chi connectivity index (χ4n) is 3.72. The van der Waals surface area contributed by atoms with E-state index in [1.54, 1.807) is 0 Å². The largest absolute Gasteiger partial charge is 0.389 e. The first-order chi connectivity index (χ1) is 8.92. The molecule has 0 amide bonds. The van der Waals surface area contributed by atoms with Crippen LogP contribution in [0.4, 0.5) is 0 Å². The van der Waals surface area contributed by atoms with E-state index in [-0.39, 0.29) is 0 Å². The molecule has 1 aromatic rings. The van der Waals surface area contributed by atoms with Crippen LogP contribution in [0, 0.1) is 17.8 Å². The van der Waals surface area contributed by atoms with E-state index in [9.17, 15) is 5.11 Å². The van der Waals surface area contributed by atoms with Crippen molar-refractivity contribution < 1.29 is 5.11 Å². The van der Waals surface area contributed by atoms with Crippen molar-refractivity contribution in [3.63, 3.8) is 0 Å². The smallest absolute Gasteiger partial charge is 0.0721 e. The number of hydrogen-bond acceptors (Lipinski definition) is 1. The van der Waals surface area contributed by atoms with Crippen LogP contribution < -0.4 is 0 Å². The monoisotopic (exact) mass is 324 g/mol. The Labute approximate surface area is 125 Å². The van der Waals surface area contributed by atoms with Crippen LogP contribution in [-0.4, -0.2) is 10.7 Å². The molecule has 1 aliphatic rings. The maximum atomic E-state index is 11.2. The molecule has 1 aromatic carbocycles. The Morgan fingerprint density at radius 2 is 2.00 bits per heavy atom. The molecule has 0 heterocycles. The number of aliphatic hydroxyl groups is 1. The second-order valence-corrected chi connectivity index (χ2v) is 7.46. The average Bonchev–Trinajstić information content (AvgIpc) is 2.31. The number of rotatable bonds is 3. The fourth-order valence-corrected chi connectivity index (χ4v) is 4.14. The zero-order chi connectivity index (χ0) is 14.0. The van der Waals surface area contributed by atoms with Crippen molar-refractivity contribution in [2.45, 2.75) is 52.1 Å². The fraction of sp³-hybridized carbons (Fsp3) is 0.647. The van der Waals surface area contributed by atoms with Crippen molar-refractivity contribution in [2.75, 3.05) is 0 Å². The van der Waals surface area contributed by atoms with Gasteiger partial charge in [0, 0.05) is 10.9 Å². The summed E-state index contributed by atoms with van der Waals surface area (Å²) in [5.74, 6) is 1.58. The molecule has 0 aromatic heterocycles. The van der Waals surface area contributed by atoms with Crippen LogP contribution in [-0.2, 0) is 6.42 Å². The SMILES string of the molecule is CC1CCC(C(C)C)C(O)(Cc2ccccc2Br)C1. The van der Waals surface area contributed by atoms with E-state index in [4.69, 9.17) is 0 Å². The Kier molecular flexibility index (Phi) is 4.73. The average molecular weight is 325 g/mol. The van der Waals surface area contributed by atoms with Gasteiger partial charge in [0.05, 0.1) is 5.60 Å². The quantitative estimate of drug-likeness (QED) is 0.845. The minimum absolute atomic E-state index is 0.413. The summed E-state index contributed by atoms with van der Waals surface area (Å²) in [6.45, 7) is 6.75. The third kappa shape index (κ3) is 3.41. The zero-order valence-electron chi connectivity index (χ0n) is 12.2. The van der Waals surface area contributed by atoms with E-state index < -0.39 is 5.60 Å². The van der Waals surface area contributed by atoms with E-state index in [0.717, 1.165) is 23.7 Å². The first-order valence-corrected chi connectivity index (χ1v) is 8.17. The van der Waals surface area contributed by atoms with E-state index >= 15 is 0 Å². The number of benzene rings is 1. The number of halogens is 1. The third-order valence-electron chi connectivity index (χ3n) is 4.62. The summed E-state index contributed by atoms with van der Waals surface area (Å²) < 4.78 is 1.11. The van der Waals surface area contributed by atoms with Crippen LogP contribution in [0.1, 0.15) is 45.6 Å². The van der Waals surface area contributed by atoms with Crippen LogP contribution in [0.15, 0.2) is 28.7 Å². The van der Waals surface area contributed by atoms with Gasteiger partial charge in [-0.3, -0.25) is 0 Å². The van der Waals surface area contributed by atoms with Gasteiger partial charge >= 0.3 is 0 Å². The van der Waals surface area contributed by atoms with E-state index in [1.165, 1.54) is 12.0 Å². The van der Waals surface area contributed by atoms with Gasteiger partial charge in [-0.2, -0.15) is 0 Å². The Morgan fingerprint density at radius 3 is 2.63 bits per heavy atom.